The van der Waals surface area contributed by atoms with E-state index >= 15 is 0 Å². The molecule has 6 heteroatoms. The van der Waals surface area contributed by atoms with Crippen molar-refractivity contribution in [3.8, 4) is 11.1 Å². The van der Waals surface area contributed by atoms with Crippen molar-refractivity contribution in [2.75, 3.05) is 19.6 Å². The molecule has 3 aromatic rings. The molecule has 1 fully saturated rings. The molecule has 5 nitrogen and oxygen atoms in total. The van der Waals surface area contributed by atoms with E-state index in [9.17, 15) is 4.39 Å². The van der Waals surface area contributed by atoms with Gasteiger partial charge in [-0.15, -0.1) is 10.2 Å². The maximum absolute atomic E-state index is 13.2. The normalized spacial score (nSPS) is 19.8. The average molecular weight is 391 g/mol. The number of likely N-dealkylation sites (tertiary alicyclic amines) is 1. The number of hydrogen-bond donors (Lipinski definition) is 1. The molecule has 2 aromatic carbocycles. The zero-order chi connectivity index (χ0) is 19.6. The predicted molar refractivity (Wildman–Crippen MR) is 111 cm³/mol. The Bertz CT molecular complexity index is 981. The quantitative estimate of drug-likeness (QED) is 0.739. The van der Waals surface area contributed by atoms with Gasteiger partial charge in [0.25, 0.3) is 0 Å². The van der Waals surface area contributed by atoms with Crippen LogP contribution in [0.5, 0.6) is 0 Å². The van der Waals surface area contributed by atoms with Gasteiger partial charge < -0.3 is 9.88 Å². The number of nitrogens with zero attached hydrogens (tertiary/aromatic N) is 4. The minimum absolute atomic E-state index is 0.198. The summed E-state index contributed by atoms with van der Waals surface area (Å²) in [5, 5.41) is 12.3. The third kappa shape index (κ3) is 3.95. The van der Waals surface area contributed by atoms with Gasteiger partial charge in [0.1, 0.15) is 17.5 Å². The first-order chi connectivity index (χ1) is 14.3. The second-order valence-corrected chi connectivity index (χ2v) is 8.08. The molecule has 1 N–H and O–H groups in total. The number of hydrogen-bond acceptors (Lipinski definition) is 4. The smallest absolute Gasteiger partial charge is 0.147 e. The van der Waals surface area contributed by atoms with E-state index in [-0.39, 0.29) is 5.82 Å². The highest BCUT2D eigenvalue weighted by Gasteiger charge is 2.27. The molecular formula is C23H26FN5. The second kappa shape index (κ2) is 8.05. The summed E-state index contributed by atoms with van der Waals surface area (Å²) in [6, 6.07) is 15.3. The standard InChI is InChI=1S/C23H26FN5/c24-21-8-6-18(7-9-21)19-4-1-3-17(13-19)15-28-11-2-5-20(16-28)23-27-26-22-14-25-10-12-29(22)23/h1,3-4,6-9,13,20,25H,2,5,10-12,14-16H2/t20-/m1/s1. The maximum Gasteiger partial charge on any atom is 0.147 e. The summed E-state index contributed by atoms with van der Waals surface area (Å²) in [5.41, 5.74) is 3.48. The number of fused-ring (bicyclic) bond motifs is 1. The highest BCUT2D eigenvalue weighted by atomic mass is 19.1. The Morgan fingerprint density at radius 2 is 1.93 bits per heavy atom. The van der Waals surface area contributed by atoms with E-state index < -0.39 is 0 Å². The van der Waals surface area contributed by atoms with Crippen LogP contribution in [0.15, 0.2) is 48.5 Å². The Morgan fingerprint density at radius 3 is 2.83 bits per heavy atom. The topological polar surface area (TPSA) is 46.0 Å². The fourth-order valence-electron chi connectivity index (χ4n) is 4.58. The summed E-state index contributed by atoms with van der Waals surface area (Å²) in [5.74, 6) is 2.47. The van der Waals surface area contributed by atoms with Crippen molar-refractivity contribution in [2.24, 2.45) is 0 Å². The number of piperidine rings is 1. The highest BCUT2D eigenvalue weighted by Crippen LogP contribution is 2.28. The van der Waals surface area contributed by atoms with Gasteiger partial charge in [-0.05, 0) is 54.3 Å². The Morgan fingerprint density at radius 1 is 1.03 bits per heavy atom. The van der Waals surface area contributed by atoms with Crippen molar-refractivity contribution >= 4 is 0 Å². The van der Waals surface area contributed by atoms with Crippen LogP contribution in [-0.4, -0.2) is 39.3 Å². The summed E-state index contributed by atoms with van der Waals surface area (Å²) in [4.78, 5) is 2.53. The molecule has 2 aliphatic rings. The third-order valence-electron chi connectivity index (χ3n) is 6.03. The highest BCUT2D eigenvalue weighted by molar-refractivity contribution is 5.64. The molecule has 2 aliphatic heterocycles. The van der Waals surface area contributed by atoms with Crippen LogP contribution in [0.25, 0.3) is 11.1 Å². The fraction of sp³-hybridized carbons (Fsp3) is 0.391. The lowest BCUT2D eigenvalue weighted by Gasteiger charge is -2.33. The Kier molecular flexibility index (Phi) is 5.12. The molecule has 0 bridgehead atoms. The van der Waals surface area contributed by atoms with Gasteiger partial charge in [0, 0.05) is 32.1 Å². The molecule has 0 amide bonds. The predicted octanol–water partition coefficient (Wildman–Crippen LogP) is 3.57. The average Bonchev–Trinajstić information content (AvgIpc) is 3.19. The van der Waals surface area contributed by atoms with Crippen LogP contribution < -0.4 is 5.32 Å². The molecule has 5 rings (SSSR count). The van der Waals surface area contributed by atoms with Crippen LogP contribution in [0.1, 0.15) is 36.0 Å². The lowest BCUT2D eigenvalue weighted by Crippen LogP contribution is -2.36. The molecule has 29 heavy (non-hydrogen) atoms. The van der Waals surface area contributed by atoms with E-state index in [0.29, 0.717) is 5.92 Å². The van der Waals surface area contributed by atoms with Gasteiger partial charge in [-0.3, -0.25) is 4.90 Å². The maximum atomic E-state index is 13.2. The van der Waals surface area contributed by atoms with Crippen LogP contribution in [0, 0.1) is 5.82 Å². The first kappa shape index (κ1) is 18.5. The minimum Gasteiger partial charge on any atom is -0.312 e. The van der Waals surface area contributed by atoms with Crippen molar-refractivity contribution in [2.45, 2.75) is 38.4 Å². The summed E-state index contributed by atoms with van der Waals surface area (Å²) >= 11 is 0. The van der Waals surface area contributed by atoms with Crippen LogP contribution >= 0.6 is 0 Å². The molecule has 1 saturated heterocycles. The first-order valence-corrected chi connectivity index (χ1v) is 10.5. The molecule has 0 unspecified atom stereocenters. The van der Waals surface area contributed by atoms with Gasteiger partial charge in [-0.2, -0.15) is 0 Å². The molecule has 0 aliphatic carbocycles. The SMILES string of the molecule is Fc1ccc(-c2cccc(CN3CCC[C@@H](c4nnc5n4CCNC5)C3)c2)cc1. The Balaban J connectivity index is 1.30. The first-order valence-electron chi connectivity index (χ1n) is 10.5. The monoisotopic (exact) mass is 391 g/mol. The van der Waals surface area contributed by atoms with Crippen molar-refractivity contribution in [1.82, 2.24) is 25.0 Å². The van der Waals surface area contributed by atoms with E-state index in [1.165, 1.54) is 30.5 Å². The largest absolute Gasteiger partial charge is 0.312 e. The molecule has 0 spiro atoms. The second-order valence-electron chi connectivity index (χ2n) is 8.08. The Hall–Kier alpha value is -2.57. The van der Waals surface area contributed by atoms with Crippen LogP contribution in [-0.2, 0) is 19.6 Å². The summed E-state index contributed by atoms with van der Waals surface area (Å²) in [7, 11) is 0. The van der Waals surface area contributed by atoms with Crippen LogP contribution in [0.4, 0.5) is 4.39 Å². The number of halogens is 1. The van der Waals surface area contributed by atoms with Crippen LogP contribution in [0.3, 0.4) is 0 Å². The number of nitrogens with one attached hydrogen (secondary N) is 1. The van der Waals surface area contributed by atoms with Gasteiger partial charge in [0.2, 0.25) is 0 Å². The third-order valence-corrected chi connectivity index (χ3v) is 6.03. The molecule has 1 aromatic heterocycles. The number of benzene rings is 2. The van der Waals surface area contributed by atoms with Crippen molar-refractivity contribution < 1.29 is 4.39 Å². The van der Waals surface area contributed by atoms with Crippen molar-refractivity contribution in [3.05, 3.63) is 71.6 Å². The zero-order valence-electron chi connectivity index (χ0n) is 16.5. The van der Waals surface area contributed by atoms with Crippen molar-refractivity contribution in [3.63, 3.8) is 0 Å². The summed E-state index contributed by atoms with van der Waals surface area (Å²) in [6.07, 6.45) is 2.36. The molecule has 1 atom stereocenters. The fourth-order valence-corrected chi connectivity index (χ4v) is 4.58. The summed E-state index contributed by atoms with van der Waals surface area (Å²) < 4.78 is 15.5. The molecule has 0 saturated carbocycles. The van der Waals surface area contributed by atoms with Crippen molar-refractivity contribution in [1.29, 1.82) is 0 Å². The van der Waals surface area contributed by atoms with E-state index in [2.05, 4.69) is 49.2 Å². The molecular weight excluding hydrogens is 365 g/mol. The molecule has 3 heterocycles. The summed E-state index contributed by atoms with van der Waals surface area (Å²) in [6.45, 7) is 5.83. The molecule has 150 valence electrons. The van der Waals surface area contributed by atoms with E-state index in [0.717, 1.165) is 62.0 Å². The minimum atomic E-state index is -0.198. The van der Waals surface area contributed by atoms with Gasteiger partial charge in [-0.1, -0.05) is 30.3 Å². The zero-order valence-corrected chi connectivity index (χ0v) is 16.5. The van der Waals surface area contributed by atoms with E-state index in [1.807, 2.05) is 12.1 Å². The van der Waals surface area contributed by atoms with E-state index in [4.69, 9.17) is 0 Å². The molecule has 0 radical (unpaired) electrons. The van der Waals surface area contributed by atoms with Gasteiger partial charge in [0.15, 0.2) is 0 Å². The number of aromatic nitrogens is 3. The van der Waals surface area contributed by atoms with E-state index in [1.54, 1.807) is 0 Å². The van der Waals surface area contributed by atoms with Gasteiger partial charge in [0.05, 0.1) is 6.54 Å². The van der Waals surface area contributed by atoms with Gasteiger partial charge in [-0.25, -0.2) is 4.39 Å². The van der Waals surface area contributed by atoms with Gasteiger partial charge >= 0.3 is 0 Å². The van der Waals surface area contributed by atoms with Crippen LogP contribution in [0.2, 0.25) is 0 Å². The lowest BCUT2D eigenvalue weighted by atomic mass is 9.96. The Labute approximate surface area is 170 Å². The lowest BCUT2D eigenvalue weighted by molar-refractivity contribution is 0.194. The number of rotatable bonds is 4.